The molecule has 0 saturated carbocycles. The average Bonchev–Trinajstić information content (AvgIpc) is 3.11. The standard InChI is InChI=1S/C26H30N4O5S/c1-6-17-10-8-9-11-19(17)18-14-21-24(27-15-18)30(26(31)29(21)3)22(16-36(5,32)33)20-12-13-23(34-4)25(28-20)35-7-2/h8-15,22H,6-7,16H2,1-5H3. The minimum Gasteiger partial charge on any atom is -0.491 e. The molecule has 10 heteroatoms. The number of hydrogen-bond donors (Lipinski definition) is 0. The number of methoxy groups -OCH3 is 1. The molecule has 0 aliphatic heterocycles. The van der Waals surface area contributed by atoms with E-state index in [2.05, 4.69) is 23.0 Å². The number of fused-ring (bicyclic) bond motifs is 1. The van der Waals surface area contributed by atoms with Crippen LogP contribution in [-0.2, 0) is 23.3 Å². The van der Waals surface area contributed by atoms with E-state index >= 15 is 0 Å². The Labute approximate surface area is 210 Å². The fourth-order valence-electron chi connectivity index (χ4n) is 4.37. The molecule has 4 rings (SSSR count). The second-order valence-electron chi connectivity index (χ2n) is 8.57. The van der Waals surface area contributed by atoms with Gasteiger partial charge in [-0.3, -0.25) is 9.13 Å². The molecule has 0 aliphatic carbocycles. The third-order valence-electron chi connectivity index (χ3n) is 6.10. The van der Waals surface area contributed by atoms with Gasteiger partial charge < -0.3 is 9.47 Å². The van der Waals surface area contributed by atoms with Gasteiger partial charge in [0.05, 0.1) is 36.7 Å². The van der Waals surface area contributed by atoms with Crippen LogP contribution in [0.3, 0.4) is 0 Å². The number of rotatable bonds is 9. The molecular formula is C26H30N4O5S. The topological polar surface area (TPSA) is 105 Å². The highest BCUT2D eigenvalue weighted by atomic mass is 32.2. The summed E-state index contributed by atoms with van der Waals surface area (Å²) in [5, 5.41) is 0. The number of hydrogen-bond acceptors (Lipinski definition) is 7. The van der Waals surface area contributed by atoms with Gasteiger partial charge in [-0.05, 0) is 42.7 Å². The van der Waals surface area contributed by atoms with E-state index in [9.17, 15) is 13.2 Å². The van der Waals surface area contributed by atoms with Crippen molar-refractivity contribution in [3.8, 4) is 22.8 Å². The van der Waals surface area contributed by atoms with Crippen molar-refractivity contribution in [1.29, 1.82) is 0 Å². The Morgan fingerprint density at radius 2 is 1.86 bits per heavy atom. The molecule has 3 heterocycles. The molecule has 36 heavy (non-hydrogen) atoms. The van der Waals surface area contributed by atoms with Gasteiger partial charge in [-0.2, -0.15) is 0 Å². The van der Waals surface area contributed by atoms with Gasteiger partial charge in [-0.1, -0.05) is 31.2 Å². The fraction of sp³-hybridized carbons (Fsp3) is 0.346. The Morgan fingerprint density at radius 1 is 1.11 bits per heavy atom. The molecule has 0 spiro atoms. The summed E-state index contributed by atoms with van der Waals surface area (Å²) >= 11 is 0. The zero-order valence-corrected chi connectivity index (χ0v) is 21.9. The van der Waals surface area contributed by atoms with E-state index in [4.69, 9.17) is 9.47 Å². The van der Waals surface area contributed by atoms with Crippen molar-refractivity contribution >= 4 is 21.0 Å². The van der Waals surface area contributed by atoms with E-state index in [0.717, 1.165) is 23.8 Å². The number of aromatic nitrogens is 4. The summed E-state index contributed by atoms with van der Waals surface area (Å²) in [6.45, 7) is 4.25. The summed E-state index contributed by atoms with van der Waals surface area (Å²) in [6.07, 6.45) is 3.71. The summed E-state index contributed by atoms with van der Waals surface area (Å²) in [5.74, 6) is 0.316. The molecule has 0 N–H and O–H groups in total. The molecule has 0 saturated heterocycles. The van der Waals surface area contributed by atoms with Gasteiger partial charge in [0.25, 0.3) is 5.88 Å². The number of aryl methyl sites for hydroxylation is 2. The van der Waals surface area contributed by atoms with Crippen LogP contribution in [0, 0.1) is 0 Å². The third kappa shape index (κ3) is 4.86. The molecule has 0 aliphatic rings. The third-order valence-corrected chi connectivity index (χ3v) is 7.02. The number of pyridine rings is 2. The van der Waals surface area contributed by atoms with Crippen LogP contribution < -0.4 is 15.2 Å². The van der Waals surface area contributed by atoms with Gasteiger partial charge in [-0.15, -0.1) is 0 Å². The Balaban J connectivity index is 1.94. The van der Waals surface area contributed by atoms with Crippen LogP contribution in [0.1, 0.15) is 31.1 Å². The Morgan fingerprint density at radius 3 is 2.53 bits per heavy atom. The van der Waals surface area contributed by atoms with E-state index in [0.29, 0.717) is 29.2 Å². The number of imidazole rings is 1. The van der Waals surface area contributed by atoms with Crippen molar-refractivity contribution in [2.45, 2.75) is 26.3 Å². The van der Waals surface area contributed by atoms with Crippen LogP contribution in [0.4, 0.5) is 0 Å². The first kappa shape index (κ1) is 25.4. The molecular weight excluding hydrogens is 480 g/mol. The molecule has 3 aromatic heterocycles. The highest BCUT2D eigenvalue weighted by Gasteiger charge is 2.28. The summed E-state index contributed by atoms with van der Waals surface area (Å²) in [6, 6.07) is 12.4. The Bertz CT molecular complexity index is 1570. The molecule has 1 atom stereocenters. The summed E-state index contributed by atoms with van der Waals surface area (Å²) in [7, 11) is -0.349. The minimum atomic E-state index is -3.51. The largest absolute Gasteiger partial charge is 0.491 e. The smallest absolute Gasteiger partial charge is 0.330 e. The van der Waals surface area contributed by atoms with E-state index in [1.807, 2.05) is 31.2 Å². The van der Waals surface area contributed by atoms with E-state index in [1.54, 1.807) is 25.4 Å². The van der Waals surface area contributed by atoms with Crippen molar-refractivity contribution < 1.29 is 17.9 Å². The zero-order chi connectivity index (χ0) is 26.0. The number of benzene rings is 1. The Hall–Kier alpha value is -3.66. The first-order valence-electron chi connectivity index (χ1n) is 11.7. The van der Waals surface area contributed by atoms with E-state index in [-0.39, 0.29) is 17.3 Å². The zero-order valence-electron chi connectivity index (χ0n) is 21.1. The van der Waals surface area contributed by atoms with Crippen LogP contribution in [0.25, 0.3) is 22.3 Å². The van der Waals surface area contributed by atoms with Gasteiger partial charge in [0, 0.05) is 25.1 Å². The van der Waals surface area contributed by atoms with Gasteiger partial charge in [0.2, 0.25) is 0 Å². The van der Waals surface area contributed by atoms with Crippen LogP contribution in [0.2, 0.25) is 0 Å². The minimum absolute atomic E-state index is 0.232. The van der Waals surface area contributed by atoms with Crippen LogP contribution >= 0.6 is 0 Å². The number of ether oxygens (including phenoxy) is 2. The predicted molar refractivity (Wildman–Crippen MR) is 140 cm³/mol. The van der Waals surface area contributed by atoms with Gasteiger partial charge in [0.1, 0.15) is 9.84 Å². The monoisotopic (exact) mass is 510 g/mol. The second kappa shape index (κ2) is 10.1. The van der Waals surface area contributed by atoms with Crippen molar-refractivity contribution in [1.82, 2.24) is 19.1 Å². The lowest BCUT2D eigenvalue weighted by Crippen LogP contribution is -2.31. The first-order chi connectivity index (χ1) is 17.2. The molecule has 9 nitrogen and oxygen atoms in total. The molecule has 1 aromatic carbocycles. The molecule has 0 amide bonds. The number of nitrogens with zero attached hydrogens (tertiary/aromatic N) is 4. The SMILES string of the molecule is CCOc1nc(C(CS(C)(=O)=O)n2c(=O)n(C)c3cc(-c4ccccc4CC)cnc32)ccc1OC. The quantitative estimate of drug-likeness (QED) is 0.340. The lowest BCUT2D eigenvalue weighted by molar-refractivity contribution is 0.296. The predicted octanol–water partition coefficient (Wildman–Crippen LogP) is 3.40. The van der Waals surface area contributed by atoms with Gasteiger partial charge in [0.15, 0.2) is 11.4 Å². The van der Waals surface area contributed by atoms with Gasteiger partial charge >= 0.3 is 5.69 Å². The maximum absolute atomic E-state index is 13.5. The summed E-state index contributed by atoms with van der Waals surface area (Å²) in [4.78, 5) is 22.7. The summed E-state index contributed by atoms with van der Waals surface area (Å²) < 4.78 is 38.7. The highest BCUT2D eigenvalue weighted by Crippen LogP contribution is 2.31. The lowest BCUT2D eigenvalue weighted by atomic mass is 9.99. The average molecular weight is 511 g/mol. The van der Waals surface area contributed by atoms with E-state index in [1.165, 1.54) is 21.8 Å². The lowest BCUT2D eigenvalue weighted by Gasteiger charge is -2.19. The van der Waals surface area contributed by atoms with Crippen molar-refractivity contribution in [3.63, 3.8) is 0 Å². The maximum Gasteiger partial charge on any atom is 0.330 e. The molecule has 0 bridgehead atoms. The van der Waals surface area contributed by atoms with Crippen molar-refractivity contribution in [2.75, 3.05) is 25.7 Å². The van der Waals surface area contributed by atoms with E-state index < -0.39 is 15.9 Å². The second-order valence-corrected chi connectivity index (χ2v) is 10.8. The molecule has 4 aromatic rings. The molecule has 1 unspecified atom stereocenters. The normalized spacial score (nSPS) is 12.6. The molecule has 0 fully saturated rings. The fourth-order valence-corrected chi connectivity index (χ4v) is 5.27. The summed E-state index contributed by atoms with van der Waals surface area (Å²) in [5.41, 5.74) is 4.05. The van der Waals surface area contributed by atoms with Crippen molar-refractivity contribution in [2.24, 2.45) is 7.05 Å². The van der Waals surface area contributed by atoms with Crippen molar-refractivity contribution in [3.05, 3.63) is 70.4 Å². The Kier molecular flexibility index (Phi) is 7.16. The van der Waals surface area contributed by atoms with Gasteiger partial charge in [-0.25, -0.2) is 23.2 Å². The van der Waals surface area contributed by atoms with Crippen LogP contribution in [-0.4, -0.2) is 53.2 Å². The highest BCUT2D eigenvalue weighted by molar-refractivity contribution is 7.90. The first-order valence-corrected chi connectivity index (χ1v) is 13.7. The number of sulfone groups is 1. The molecule has 0 radical (unpaired) electrons. The maximum atomic E-state index is 13.5. The van der Waals surface area contributed by atoms with Crippen LogP contribution in [0.15, 0.2) is 53.5 Å². The molecule has 190 valence electrons. The van der Waals surface area contributed by atoms with Crippen LogP contribution in [0.5, 0.6) is 11.6 Å².